The van der Waals surface area contributed by atoms with Crippen molar-refractivity contribution in [2.45, 2.75) is 26.3 Å². The Bertz CT molecular complexity index is 468. The van der Waals surface area contributed by atoms with Crippen molar-refractivity contribution in [1.29, 1.82) is 0 Å². The van der Waals surface area contributed by atoms with E-state index in [1.165, 1.54) is 0 Å². The van der Waals surface area contributed by atoms with Crippen LogP contribution in [0.1, 0.15) is 20.3 Å². The molecule has 0 saturated heterocycles. The monoisotopic (exact) mass is 232 g/mol. The lowest BCUT2D eigenvalue weighted by atomic mass is 10.2. The van der Waals surface area contributed by atoms with Gasteiger partial charge in [0.25, 0.3) is 0 Å². The maximum atomic E-state index is 12.1. The molecule has 0 saturated carbocycles. The molecule has 17 heavy (non-hydrogen) atoms. The number of hydrogen-bond donors (Lipinski definition) is 0. The predicted molar refractivity (Wildman–Crippen MR) is 67.1 cm³/mol. The maximum absolute atomic E-state index is 12.1. The second-order valence-electron chi connectivity index (χ2n) is 4.48. The molecule has 4 nitrogen and oxygen atoms in total. The molecule has 0 spiro atoms. The summed E-state index contributed by atoms with van der Waals surface area (Å²) in [5, 5.41) is 0. The molecular formula is C13H16N2O2. The highest BCUT2D eigenvalue weighted by molar-refractivity contribution is 6.15. The van der Waals surface area contributed by atoms with E-state index in [9.17, 15) is 9.59 Å². The summed E-state index contributed by atoms with van der Waals surface area (Å²) in [7, 11) is 1.71. The van der Waals surface area contributed by atoms with Gasteiger partial charge in [0, 0.05) is 13.1 Å². The third-order valence-electron chi connectivity index (χ3n) is 2.96. The quantitative estimate of drug-likeness (QED) is 0.693. The van der Waals surface area contributed by atoms with Crippen molar-refractivity contribution in [3.63, 3.8) is 0 Å². The van der Waals surface area contributed by atoms with E-state index >= 15 is 0 Å². The molecule has 0 bridgehead atoms. The summed E-state index contributed by atoms with van der Waals surface area (Å²) in [6.45, 7) is 3.90. The first-order chi connectivity index (χ1) is 8.02. The summed E-state index contributed by atoms with van der Waals surface area (Å²) < 4.78 is 0. The number of amides is 2. The number of fused-ring (bicyclic) bond motifs is 1. The van der Waals surface area contributed by atoms with Gasteiger partial charge in [-0.05, 0) is 26.0 Å². The standard InChI is InChI=1S/C13H16N2O2/c1-9(2)15-11-7-5-4-6-10(11)14(3)12(16)8-13(15)17/h4-7,9H,8H2,1-3H3. The van der Waals surface area contributed by atoms with Gasteiger partial charge in [0.1, 0.15) is 6.42 Å². The Hall–Kier alpha value is -1.84. The smallest absolute Gasteiger partial charge is 0.236 e. The third-order valence-corrected chi connectivity index (χ3v) is 2.96. The molecule has 0 N–H and O–H groups in total. The second kappa shape index (κ2) is 4.20. The fourth-order valence-corrected chi connectivity index (χ4v) is 2.12. The van der Waals surface area contributed by atoms with Crippen LogP contribution in [0.25, 0.3) is 0 Å². The van der Waals surface area contributed by atoms with Gasteiger partial charge in [0.15, 0.2) is 0 Å². The lowest BCUT2D eigenvalue weighted by Gasteiger charge is -2.27. The van der Waals surface area contributed by atoms with Gasteiger partial charge in [-0.15, -0.1) is 0 Å². The lowest BCUT2D eigenvalue weighted by Crippen LogP contribution is -2.37. The fourth-order valence-electron chi connectivity index (χ4n) is 2.12. The van der Waals surface area contributed by atoms with Gasteiger partial charge in [0.2, 0.25) is 11.8 Å². The van der Waals surface area contributed by atoms with E-state index in [0.29, 0.717) is 0 Å². The van der Waals surface area contributed by atoms with Crippen molar-refractivity contribution in [2.24, 2.45) is 0 Å². The summed E-state index contributed by atoms with van der Waals surface area (Å²) >= 11 is 0. The molecule has 1 aromatic carbocycles. The van der Waals surface area contributed by atoms with Gasteiger partial charge in [-0.1, -0.05) is 12.1 Å². The van der Waals surface area contributed by atoms with Crippen molar-refractivity contribution < 1.29 is 9.59 Å². The van der Waals surface area contributed by atoms with Crippen LogP contribution in [0.15, 0.2) is 24.3 Å². The average molecular weight is 232 g/mol. The van der Waals surface area contributed by atoms with Gasteiger partial charge in [-0.2, -0.15) is 0 Å². The molecule has 0 aliphatic carbocycles. The van der Waals surface area contributed by atoms with Crippen LogP contribution in [0.5, 0.6) is 0 Å². The topological polar surface area (TPSA) is 40.6 Å². The molecule has 1 aromatic rings. The van der Waals surface area contributed by atoms with E-state index in [2.05, 4.69) is 0 Å². The van der Waals surface area contributed by atoms with Crippen molar-refractivity contribution in [3.8, 4) is 0 Å². The van der Waals surface area contributed by atoms with Crippen LogP contribution in [-0.4, -0.2) is 24.9 Å². The molecule has 0 aromatic heterocycles. The van der Waals surface area contributed by atoms with Crippen LogP contribution in [0, 0.1) is 0 Å². The first-order valence-electron chi connectivity index (χ1n) is 5.70. The van der Waals surface area contributed by atoms with Crippen molar-refractivity contribution in [3.05, 3.63) is 24.3 Å². The largest absolute Gasteiger partial charge is 0.313 e. The highest BCUT2D eigenvalue weighted by atomic mass is 16.2. The summed E-state index contributed by atoms with van der Waals surface area (Å²) in [6.07, 6.45) is -0.0661. The van der Waals surface area contributed by atoms with Gasteiger partial charge in [-0.3, -0.25) is 9.59 Å². The van der Waals surface area contributed by atoms with E-state index in [4.69, 9.17) is 0 Å². The zero-order valence-corrected chi connectivity index (χ0v) is 10.3. The van der Waals surface area contributed by atoms with Crippen LogP contribution in [0.3, 0.4) is 0 Å². The average Bonchev–Trinajstić information content (AvgIpc) is 2.36. The van der Waals surface area contributed by atoms with Gasteiger partial charge >= 0.3 is 0 Å². The molecule has 1 aliphatic heterocycles. The van der Waals surface area contributed by atoms with Crippen molar-refractivity contribution in [2.75, 3.05) is 16.8 Å². The van der Waals surface area contributed by atoms with Gasteiger partial charge < -0.3 is 9.80 Å². The van der Waals surface area contributed by atoms with Crippen LogP contribution >= 0.6 is 0 Å². The molecule has 4 heteroatoms. The number of rotatable bonds is 1. The van der Waals surface area contributed by atoms with E-state index in [1.54, 1.807) is 16.8 Å². The normalized spacial score (nSPS) is 16.2. The molecule has 1 aliphatic rings. The zero-order chi connectivity index (χ0) is 12.6. The molecule has 2 rings (SSSR count). The number of benzene rings is 1. The molecule has 0 radical (unpaired) electrons. The Morgan fingerprint density at radius 1 is 1.06 bits per heavy atom. The van der Waals surface area contributed by atoms with E-state index in [-0.39, 0.29) is 24.3 Å². The summed E-state index contributed by atoms with van der Waals surface area (Å²) in [5.74, 6) is -0.299. The maximum Gasteiger partial charge on any atom is 0.236 e. The van der Waals surface area contributed by atoms with Crippen LogP contribution in [0.2, 0.25) is 0 Å². The zero-order valence-electron chi connectivity index (χ0n) is 10.3. The molecular weight excluding hydrogens is 216 g/mol. The lowest BCUT2D eigenvalue weighted by molar-refractivity contribution is -0.126. The minimum atomic E-state index is -0.161. The number of para-hydroxylation sites is 2. The Morgan fingerprint density at radius 3 is 2.24 bits per heavy atom. The Labute approximate surface area is 101 Å². The first kappa shape index (κ1) is 11.6. The SMILES string of the molecule is CC(C)N1C(=O)CC(=O)N(C)c2ccccc21. The van der Waals surface area contributed by atoms with Crippen LogP contribution in [-0.2, 0) is 9.59 Å². The molecule has 90 valence electrons. The van der Waals surface area contributed by atoms with Crippen LogP contribution < -0.4 is 9.80 Å². The Balaban J connectivity index is 2.60. The van der Waals surface area contributed by atoms with Gasteiger partial charge in [-0.25, -0.2) is 0 Å². The number of carbonyl (C=O) groups excluding carboxylic acids is 2. The Morgan fingerprint density at radius 2 is 1.65 bits per heavy atom. The van der Waals surface area contributed by atoms with Crippen molar-refractivity contribution >= 4 is 23.2 Å². The van der Waals surface area contributed by atoms with Gasteiger partial charge in [0.05, 0.1) is 11.4 Å². The van der Waals surface area contributed by atoms with E-state index < -0.39 is 0 Å². The number of anilines is 2. The highest BCUT2D eigenvalue weighted by Gasteiger charge is 2.30. The molecule has 0 atom stereocenters. The summed E-state index contributed by atoms with van der Waals surface area (Å²) in [6, 6.07) is 7.54. The molecule has 0 unspecified atom stereocenters. The minimum absolute atomic E-state index is 0.0444. The highest BCUT2D eigenvalue weighted by Crippen LogP contribution is 2.33. The Kier molecular flexibility index (Phi) is 2.88. The van der Waals surface area contributed by atoms with Crippen LogP contribution in [0.4, 0.5) is 11.4 Å². The minimum Gasteiger partial charge on any atom is -0.313 e. The second-order valence-corrected chi connectivity index (χ2v) is 4.48. The summed E-state index contributed by atoms with van der Waals surface area (Å²) in [4.78, 5) is 27.1. The number of nitrogens with zero attached hydrogens (tertiary/aromatic N) is 2. The third kappa shape index (κ3) is 1.90. The first-order valence-corrected chi connectivity index (χ1v) is 5.70. The predicted octanol–water partition coefficient (Wildman–Crippen LogP) is 1.79. The van der Waals surface area contributed by atoms with E-state index in [0.717, 1.165) is 11.4 Å². The number of carbonyl (C=O) groups is 2. The molecule has 2 amide bonds. The molecule has 1 heterocycles. The number of hydrogen-bond acceptors (Lipinski definition) is 2. The van der Waals surface area contributed by atoms with E-state index in [1.807, 2.05) is 38.1 Å². The summed E-state index contributed by atoms with van der Waals surface area (Å²) in [5.41, 5.74) is 1.60. The molecule has 0 fully saturated rings. The fraction of sp³-hybridized carbons (Fsp3) is 0.385. The van der Waals surface area contributed by atoms with Crippen molar-refractivity contribution in [1.82, 2.24) is 0 Å².